The molecule has 27 heavy (non-hydrogen) atoms. The third-order valence-electron chi connectivity index (χ3n) is 5.98. The van der Waals surface area contributed by atoms with Crippen molar-refractivity contribution in [1.29, 1.82) is 0 Å². The number of aryl methyl sites for hydroxylation is 1. The lowest BCUT2D eigenvalue weighted by Gasteiger charge is -2.27. The van der Waals surface area contributed by atoms with Gasteiger partial charge in [-0.3, -0.25) is 9.69 Å². The van der Waals surface area contributed by atoms with Crippen LogP contribution in [-0.2, 0) is 4.79 Å². The summed E-state index contributed by atoms with van der Waals surface area (Å²) in [7, 11) is 3.39. The number of nitrogens with zero attached hydrogens (tertiary/aromatic N) is 3. The van der Waals surface area contributed by atoms with Crippen molar-refractivity contribution in [2.75, 3.05) is 53.4 Å². The number of hydrogen-bond donors (Lipinski definition) is 1. The smallest absolute Gasteiger partial charge is 0.319 e. The van der Waals surface area contributed by atoms with E-state index in [1.807, 2.05) is 19.1 Å². The molecule has 3 rings (SSSR count). The second kappa shape index (κ2) is 7.38. The van der Waals surface area contributed by atoms with E-state index in [0.29, 0.717) is 32.8 Å². The molecule has 0 radical (unpaired) electrons. The van der Waals surface area contributed by atoms with E-state index in [9.17, 15) is 14.7 Å². The van der Waals surface area contributed by atoms with Crippen molar-refractivity contribution in [3.63, 3.8) is 0 Å². The topological polar surface area (TPSA) is 73.3 Å². The fraction of sp³-hybridized carbons (Fsp3) is 0.600. The number of benzene rings is 1. The molecule has 2 amide bonds. The fourth-order valence-corrected chi connectivity index (χ4v) is 4.24. The van der Waals surface area contributed by atoms with Gasteiger partial charge in [0.2, 0.25) is 0 Å². The van der Waals surface area contributed by atoms with Gasteiger partial charge in [-0.25, -0.2) is 4.79 Å². The average Bonchev–Trinajstić information content (AvgIpc) is 3.13. The molecule has 2 heterocycles. The average molecular weight is 375 g/mol. The summed E-state index contributed by atoms with van der Waals surface area (Å²) in [6, 6.07) is 5.88. The highest BCUT2D eigenvalue weighted by Gasteiger charge is 2.58. The Kier molecular flexibility index (Phi) is 5.33. The molecule has 7 heteroatoms. The third kappa shape index (κ3) is 3.60. The van der Waals surface area contributed by atoms with Crippen molar-refractivity contribution in [1.82, 2.24) is 14.7 Å². The van der Waals surface area contributed by atoms with Crippen LogP contribution in [0.4, 0.5) is 4.79 Å². The zero-order chi connectivity index (χ0) is 19.8. The monoisotopic (exact) mass is 375 g/mol. The molecule has 0 bridgehead atoms. The van der Waals surface area contributed by atoms with Crippen molar-refractivity contribution in [3.8, 4) is 5.75 Å². The Hall–Kier alpha value is -2.28. The molecule has 1 aromatic rings. The standard InChI is InChI=1S/C20H29N3O4/c1-14-6-5-7-17(15(14)2)27-9-8-22-10-16-11-23(19(26)21(3)4)13-20(16,12-22)18(24)25/h5-7,16H,8-13H2,1-4H3,(H,24,25)/t16-,20-/m1/s1. The number of carboxylic acid groups (broad SMARTS) is 1. The Morgan fingerprint density at radius 3 is 2.63 bits per heavy atom. The molecular formula is C20H29N3O4. The van der Waals surface area contributed by atoms with E-state index in [2.05, 4.69) is 17.9 Å². The molecule has 1 aromatic carbocycles. The SMILES string of the molecule is Cc1cccc(OCCN2C[C@@H]3CN(C(=O)N(C)C)C[C@]3(C(=O)O)C2)c1C. The maximum atomic E-state index is 12.2. The zero-order valence-electron chi connectivity index (χ0n) is 16.6. The van der Waals surface area contributed by atoms with E-state index < -0.39 is 11.4 Å². The minimum Gasteiger partial charge on any atom is -0.492 e. The third-order valence-corrected chi connectivity index (χ3v) is 5.98. The first-order valence-electron chi connectivity index (χ1n) is 9.35. The summed E-state index contributed by atoms with van der Waals surface area (Å²) in [5.74, 6) is 0.0317. The first kappa shape index (κ1) is 19.5. The summed E-state index contributed by atoms with van der Waals surface area (Å²) in [4.78, 5) is 29.6. The summed E-state index contributed by atoms with van der Waals surface area (Å²) in [6.07, 6.45) is 0. The predicted molar refractivity (Wildman–Crippen MR) is 102 cm³/mol. The lowest BCUT2D eigenvalue weighted by atomic mass is 9.81. The fourth-order valence-electron chi connectivity index (χ4n) is 4.24. The molecule has 148 valence electrons. The summed E-state index contributed by atoms with van der Waals surface area (Å²) >= 11 is 0. The molecule has 0 aliphatic carbocycles. The zero-order valence-corrected chi connectivity index (χ0v) is 16.6. The number of carboxylic acids is 1. The van der Waals surface area contributed by atoms with Gasteiger partial charge in [0.05, 0.1) is 0 Å². The van der Waals surface area contributed by atoms with E-state index in [1.54, 1.807) is 19.0 Å². The van der Waals surface area contributed by atoms with Crippen molar-refractivity contribution in [2.45, 2.75) is 13.8 Å². The largest absolute Gasteiger partial charge is 0.492 e. The number of amides is 2. The number of rotatable bonds is 5. The van der Waals surface area contributed by atoms with Gasteiger partial charge in [-0.05, 0) is 31.0 Å². The number of aliphatic carboxylic acids is 1. The number of ether oxygens (including phenoxy) is 1. The molecule has 0 aromatic heterocycles. The van der Waals surface area contributed by atoms with Gasteiger partial charge in [0.25, 0.3) is 0 Å². The van der Waals surface area contributed by atoms with Crippen molar-refractivity contribution < 1.29 is 19.4 Å². The van der Waals surface area contributed by atoms with E-state index in [0.717, 1.165) is 11.3 Å². The van der Waals surface area contributed by atoms with Gasteiger partial charge in [0, 0.05) is 52.7 Å². The number of carbonyl (C=O) groups excluding carboxylic acids is 1. The molecule has 0 unspecified atom stereocenters. The van der Waals surface area contributed by atoms with Gasteiger partial charge in [-0.2, -0.15) is 0 Å². The van der Waals surface area contributed by atoms with E-state index in [4.69, 9.17) is 4.74 Å². The summed E-state index contributed by atoms with van der Waals surface area (Å²) in [6.45, 7) is 7.21. The number of carbonyl (C=O) groups is 2. The first-order valence-corrected chi connectivity index (χ1v) is 9.35. The molecule has 2 fully saturated rings. The van der Waals surface area contributed by atoms with Crippen molar-refractivity contribution in [3.05, 3.63) is 29.3 Å². The van der Waals surface area contributed by atoms with Gasteiger partial charge in [-0.1, -0.05) is 12.1 Å². The quantitative estimate of drug-likeness (QED) is 0.848. The summed E-state index contributed by atoms with van der Waals surface area (Å²) in [5, 5.41) is 9.89. The van der Waals surface area contributed by atoms with Crippen molar-refractivity contribution >= 4 is 12.0 Å². The molecule has 2 atom stereocenters. The predicted octanol–water partition coefficient (Wildman–Crippen LogP) is 1.68. The van der Waals surface area contributed by atoms with Crippen LogP contribution in [0.2, 0.25) is 0 Å². The molecule has 1 N–H and O–H groups in total. The summed E-state index contributed by atoms with van der Waals surface area (Å²) < 4.78 is 5.93. The van der Waals surface area contributed by atoms with Gasteiger partial charge in [0.1, 0.15) is 17.8 Å². The van der Waals surface area contributed by atoms with Crippen LogP contribution in [0.3, 0.4) is 0 Å². The Labute approximate surface area is 160 Å². The van der Waals surface area contributed by atoms with Gasteiger partial charge in [0.15, 0.2) is 0 Å². The van der Waals surface area contributed by atoms with Crippen LogP contribution in [0.5, 0.6) is 5.75 Å². The van der Waals surface area contributed by atoms with Crippen LogP contribution < -0.4 is 4.74 Å². The van der Waals surface area contributed by atoms with Gasteiger partial charge >= 0.3 is 12.0 Å². The van der Waals surface area contributed by atoms with Crippen LogP contribution in [0, 0.1) is 25.2 Å². The number of fused-ring (bicyclic) bond motifs is 1. The lowest BCUT2D eigenvalue weighted by Crippen LogP contribution is -2.44. The Morgan fingerprint density at radius 2 is 2.00 bits per heavy atom. The number of urea groups is 1. The van der Waals surface area contributed by atoms with Crippen LogP contribution >= 0.6 is 0 Å². The van der Waals surface area contributed by atoms with Gasteiger partial charge in [-0.15, -0.1) is 0 Å². The highest BCUT2D eigenvalue weighted by molar-refractivity contribution is 5.80. The van der Waals surface area contributed by atoms with Crippen LogP contribution in [-0.4, -0.2) is 85.2 Å². The summed E-state index contributed by atoms with van der Waals surface area (Å²) in [5.41, 5.74) is 1.46. The first-order chi connectivity index (χ1) is 12.7. The highest BCUT2D eigenvalue weighted by Crippen LogP contribution is 2.43. The second-order valence-electron chi connectivity index (χ2n) is 8.00. The van der Waals surface area contributed by atoms with E-state index in [1.165, 1.54) is 10.5 Å². The van der Waals surface area contributed by atoms with Gasteiger partial charge < -0.3 is 19.6 Å². The van der Waals surface area contributed by atoms with E-state index in [-0.39, 0.29) is 18.5 Å². The second-order valence-corrected chi connectivity index (χ2v) is 8.00. The molecule has 7 nitrogen and oxygen atoms in total. The minimum atomic E-state index is -0.870. The number of likely N-dealkylation sites (tertiary alicyclic amines) is 2. The molecule has 0 saturated carbocycles. The van der Waals surface area contributed by atoms with Crippen LogP contribution in [0.15, 0.2) is 18.2 Å². The van der Waals surface area contributed by atoms with Crippen LogP contribution in [0.25, 0.3) is 0 Å². The Balaban J connectivity index is 1.59. The lowest BCUT2D eigenvalue weighted by molar-refractivity contribution is -0.148. The minimum absolute atomic E-state index is 0.0420. The van der Waals surface area contributed by atoms with Crippen molar-refractivity contribution in [2.24, 2.45) is 11.3 Å². The maximum Gasteiger partial charge on any atom is 0.319 e. The molecule has 2 saturated heterocycles. The molecule has 2 aliphatic heterocycles. The molecular weight excluding hydrogens is 346 g/mol. The molecule has 2 aliphatic rings. The normalized spacial score (nSPS) is 24.7. The van der Waals surface area contributed by atoms with Crippen LogP contribution in [0.1, 0.15) is 11.1 Å². The highest BCUT2D eigenvalue weighted by atomic mass is 16.5. The molecule has 0 spiro atoms. The Bertz CT molecular complexity index is 736. The number of hydrogen-bond acceptors (Lipinski definition) is 4. The Morgan fingerprint density at radius 1 is 1.26 bits per heavy atom. The van der Waals surface area contributed by atoms with E-state index >= 15 is 0 Å². The maximum absolute atomic E-state index is 12.2.